The molecule has 0 saturated carbocycles. The van der Waals surface area contributed by atoms with Gasteiger partial charge in [0.2, 0.25) is 0 Å². The number of carbonyl (C=O) groups excluding carboxylic acids is 2. The number of benzene rings is 2. The van der Waals surface area contributed by atoms with Crippen LogP contribution in [0.5, 0.6) is 5.75 Å². The predicted molar refractivity (Wildman–Crippen MR) is 132 cm³/mol. The highest BCUT2D eigenvalue weighted by Crippen LogP contribution is 2.32. The van der Waals surface area contributed by atoms with Crippen LogP contribution in [0.1, 0.15) is 42.7 Å². The van der Waals surface area contributed by atoms with Gasteiger partial charge >= 0.3 is 5.97 Å². The lowest BCUT2D eigenvalue weighted by Crippen LogP contribution is -2.46. The topological polar surface area (TPSA) is 79.9 Å². The Hall–Kier alpha value is -3.39. The van der Waals surface area contributed by atoms with Crippen molar-refractivity contribution >= 4 is 34.9 Å². The Labute approximate surface area is 199 Å². The van der Waals surface area contributed by atoms with E-state index in [0.29, 0.717) is 34.3 Å². The third-order valence-electron chi connectivity index (χ3n) is 5.35. The number of allylic oxidation sites excluding steroid dienone is 1. The van der Waals surface area contributed by atoms with Crippen molar-refractivity contribution in [1.29, 1.82) is 0 Å². The van der Waals surface area contributed by atoms with Gasteiger partial charge in [0.25, 0.3) is 5.91 Å². The molecule has 2 aromatic rings. The number of ether oxygens (including phenoxy) is 2. The molecule has 8 heteroatoms. The highest BCUT2D eigenvalue weighted by atomic mass is 32.1. The summed E-state index contributed by atoms with van der Waals surface area (Å²) in [6.45, 7) is 6.15. The summed E-state index contributed by atoms with van der Waals surface area (Å²) in [7, 11) is 3.38. The lowest BCUT2D eigenvalue weighted by molar-refractivity contribution is -0.140. The second-order valence-corrected chi connectivity index (χ2v) is 8.63. The Morgan fingerprint density at radius 3 is 2.52 bits per heavy atom. The lowest BCUT2D eigenvalue weighted by Gasteiger charge is -2.35. The molecule has 0 fully saturated rings. The number of anilines is 1. The number of hydrogen-bond donors (Lipinski definition) is 2. The Bertz CT molecular complexity index is 1080. The van der Waals surface area contributed by atoms with Crippen molar-refractivity contribution in [2.75, 3.05) is 26.1 Å². The van der Waals surface area contributed by atoms with E-state index in [2.05, 4.69) is 10.6 Å². The van der Waals surface area contributed by atoms with Crippen LogP contribution >= 0.6 is 12.2 Å². The van der Waals surface area contributed by atoms with Gasteiger partial charge in [-0.05, 0) is 67.0 Å². The molecule has 174 valence electrons. The van der Waals surface area contributed by atoms with Gasteiger partial charge in [-0.15, -0.1) is 0 Å². The minimum absolute atomic E-state index is 0.222. The van der Waals surface area contributed by atoms with Gasteiger partial charge in [0, 0.05) is 24.0 Å². The molecule has 1 amide bonds. The zero-order valence-electron chi connectivity index (χ0n) is 19.5. The fraction of sp³-hybridized carbons (Fsp3) is 0.320. The van der Waals surface area contributed by atoms with Crippen LogP contribution in [-0.4, -0.2) is 42.7 Å². The molecule has 1 aliphatic rings. The van der Waals surface area contributed by atoms with Crippen LogP contribution in [-0.2, 0) is 9.53 Å². The molecule has 0 aliphatic carbocycles. The van der Waals surface area contributed by atoms with Gasteiger partial charge in [-0.25, -0.2) is 4.79 Å². The molecular formula is C25H29N3O4S. The molecule has 0 saturated heterocycles. The summed E-state index contributed by atoms with van der Waals surface area (Å²) in [6, 6.07) is 13.7. The van der Waals surface area contributed by atoms with Crippen LogP contribution in [0.3, 0.4) is 0 Å². The Kier molecular flexibility index (Phi) is 7.71. The van der Waals surface area contributed by atoms with Gasteiger partial charge in [0.05, 0.1) is 25.3 Å². The van der Waals surface area contributed by atoms with E-state index in [1.807, 2.05) is 46.0 Å². The molecule has 1 atom stereocenters. The van der Waals surface area contributed by atoms with E-state index in [0.717, 1.165) is 11.3 Å². The number of rotatable bonds is 7. The monoisotopic (exact) mass is 467 g/mol. The zero-order chi connectivity index (χ0) is 24.1. The average Bonchev–Trinajstić information content (AvgIpc) is 2.81. The normalized spacial score (nSPS) is 15.9. The average molecular weight is 468 g/mol. The fourth-order valence-corrected chi connectivity index (χ4v) is 3.67. The first-order chi connectivity index (χ1) is 15.7. The maximum Gasteiger partial charge on any atom is 0.338 e. The molecule has 1 aliphatic heterocycles. The quantitative estimate of drug-likeness (QED) is 0.465. The fourth-order valence-electron chi connectivity index (χ4n) is 3.41. The number of thiocarbonyl (C=S) groups is 1. The highest BCUT2D eigenvalue weighted by molar-refractivity contribution is 7.80. The molecule has 1 heterocycles. The van der Waals surface area contributed by atoms with Crippen molar-refractivity contribution in [2.45, 2.75) is 26.8 Å². The lowest BCUT2D eigenvalue weighted by atomic mass is 9.94. The van der Waals surface area contributed by atoms with Gasteiger partial charge in [0.15, 0.2) is 5.11 Å². The molecule has 1 unspecified atom stereocenters. The molecule has 0 spiro atoms. The number of nitrogens with zero attached hydrogens (tertiary/aromatic N) is 1. The van der Waals surface area contributed by atoms with Gasteiger partial charge in [0.1, 0.15) is 5.75 Å². The van der Waals surface area contributed by atoms with Gasteiger partial charge < -0.3 is 25.0 Å². The van der Waals surface area contributed by atoms with Crippen molar-refractivity contribution in [2.24, 2.45) is 5.92 Å². The minimum atomic E-state index is -0.494. The molecule has 0 bridgehead atoms. The highest BCUT2D eigenvalue weighted by Gasteiger charge is 2.33. The van der Waals surface area contributed by atoms with Gasteiger partial charge in [-0.3, -0.25) is 4.79 Å². The van der Waals surface area contributed by atoms with Crippen molar-refractivity contribution in [3.63, 3.8) is 0 Å². The van der Waals surface area contributed by atoms with E-state index in [1.165, 1.54) is 0 Å². The van der Waals surface area contributed by atoms with Crippen molar-refractivity contribution < 1.29 is 19.1 Å². The smallest absolute Gasteiger partial charge is 0.338 e. The largest absolute Gasteiger partial charge is 0.497 e. The second-order valence-electron chi connectivity index (χ2n) is 8.24. The SMILES string of the molecule is COc1ccc(C(=O)Nc2cccc(C3NC(=S)N(C)C(C)=C3C(=O)OCC(C)C)c2)cc1. The minimum Gasteiger partial charge on any atom is -0.497 e. The molecule has 0 aromatic heterocycles. The summed E-state index contributed by atoms with van der Waals surface area (Å²) < 4.78 is 10.7. The molecular weight excluding hydrogens is 438 g/mol. The predicted octanol–water partition coefficient (Wildman–Crippen LogP) is 4.28. The van der Waals surface area contributed by atoms with E-state index >= 15 is 0 Å². The summed E-state index contributed by atoms with van der Waals surface area (Å²) in [5.41, 5.74) is 3.12. The molecule has 3 rings (SSSR count). The zero-order valence-corrected chi connectivity index (χ0v) is 20.3. The molecule has 0 radical (unpaired) electrons. The maximum absolute atomic E-state index is 13.0. The number of methoxy groups -OCH3 is 1. The Morgan fingerprint density at radius 2 is 1.88 bits per heavy atom. The van der Waals surface area contributed by atoms with Crippen LogP contribution in [0.25, 0.3) is 0 Å². The number of nitrogens with one attached hydrogen (secondary N) is 2. The standard InChI is InChI=1S/C25H29N3O4S/c1-15(2)14-32-24(30)21-16(3)28(4)25(33)27-22(21)18-7-6-8-19(13-18)26-23(29)17-9-11-20(31-5)12-10-17/h6-13,15,22H,14H2,1-5H3,(H,26,29)(H,27,33). The third-order valence-corrected chi connectivity index (χ3v) is 5.74. The maximum atomic E-state index is 13.0. The van der Waals surface area contributed by atoms with Gasteiger partial charge in [-0.2, -0.15) is 0 Å². The van der Waals surface area contributed by atoms with E-state index in [-0.39, 0.29) is 17.8 Å². The van der Waals surface area contributed by atoms with Crippen molar-refractivity contribution in [1.82, 2.24) is 10.2 Å². The summed E-state index contributed by atoms with van der Waals surface area (Å²) in [5.74, 6) is 0.266. The molecule has 33 heavy (non-hydrogen) atoms. The molecule has 2 N–H and O–H groups in total. The molecule has 7 nitrogen and oxygen atoms in total. The van der Waals surface area contributed by atoms with Crippen LogP contribution in [0.15, 0.2) is 59.8 Å². The van der Waals surface area contributed by atoms with E-state index < -0.39 is 6.04 Å². The first-order valence-corrected chi connectivity index (χ1v) is 11.1. The first-order valence-electron chi connectivity index (χ1n) is 10.7. The van der Waals surface area contributed by atoms with Crippen LogP contribution in [0.4, 0.5) is 5.69 Å². The first kappa shape index (κ1) is 24.3. The van der Waals surface area contributed by atoms with Crippen LogP contribution in [0.2, 0.25) is 0 Å². The van der Waals surface area contributed by atoms with E-state index in [4.69, 9.17) is 21.7 Å². The van der Waals surface area contributed by atoms with E-state index in [1.54, 1.807) is 42.3 Å². The van der Waals surface area contributed by atoms with Crippen molar-refractivity contribution in [3.8, 4) is 5.75 Å². The summed E-state index contributed by atoms with van der Waals surface area (Å²) >= 11 is 5.46. The second kappa shape index (κ2) is 10.5. The van der Waals surface area contributed by atoms with Gasteiger partial charge in [-0.1, -0.05) is 26.0 Å². The van der Waals surface area contributed by atoms with Crippen LogP contribution < -0.4 is 15.4 Å². The Balaban J connectivity index is 1.87. The third kappa shape index (κ3) is 5.70. The number of esters is 1. The van der Waals surface area contributed by atoms with Crippen molar-refractivity contribution in [3.05, 3.63) is 70.9 Å². The summed E-state index contributed by atoms with van der Waals surface area (Å²) in [5, 5.41) is 6.64. The van der Waals surface area contributed by atoms with Crippen LogP contribution in [0, 0.1) is 5.92 Å². The summed E-state index contributed by atoms with van der Waals surface area (Å²) in [6.07, 6.45) is 0. The Morgan fingerprint density at radius 1 is 1.18 bits per heavy atom. The summed E-state index contributed by atoms with van der Waals surface area (Å²) in [4.78, 5) is 27.4. The molecule has 2 aromatic carbocycles. The number of amides is 1. The number of carbonyl (C=O) groups is 2. The van der Waals surface area contributed by atoms with E-state index in [9.17, 15) is 9.59 Å². The number of hydrogen-bond acceptors (Lipinski definition) is 5.